The van der Waals surface area contributed by atoms with Crippen molar-refractivity contribution in [2.45, 2.75) is 44.8 Å². The summed E-state index contributed by atoms with van der Waals surface area (Å²) in [5, 5.41) is -0.245. The average Bonchev–Trinajstić information content (AvgIpc) is 2.78. The molecule has 0 fully saturated rings. The quantitative estimate of drug-likeness (QED) is 0.367. The van der Waals surface area contributed by atoms with E-state index in [1.807, 2.05) is 0 Å². The van der Waals surface area contributed by atoms with Crippen LogP contribution in [0.25, 0.3) is 22.2 Å². The number of hydrogen-bond acceptors (Lipinski definition) is 5. The molecule has 2 aromatic heterocycles. The van der Waals surface area contributed by atoms with Gasteiger partial charge >= 0.3 is 6.18 Å². The van der Waals surface area contributed by atoms with Crippen LogP contribution in [0.4, 0.5) is 22.0 Å². The first-order valence-corrected chi connectivity index (χ1v) is 10.5. The lowest BCUT2D eigenvalue weighted by molar-refractivity contribution is -0.138. The predicted octanol–water partition coefficient (Wildman–Crippen LogP) is 3.78. The number of nitrogens with zero attached hydrogens (tertiary/aromatic N) is 3. The number of hydrogen-bond donors (Lipinski definition) is 2. The predicted molar refractivity (Wildman–Crippen MR) is 114 cm³/mol. The summed E-state index contributed by atoms with van der Waals surface area (Å²) >= 11 is 0. The van der Waals surface area contributed by atoms with E-state index in [4.69, 9.17) is 11.5 Å². The van der Waals surface area contributed by atoms with Crippen molar-refractivity contribution in [2.75, 3.05) is 13.1 Å². The van der Waals surface area contributed by atoms with Crippen molar-refractivity contribution >= 4 is 10.8 Å². The normalized spacial score (nSPS) is 12.0. The second-order valence-corrected chi connectivity index (χ2v) is 7.62. The molecule has 3 aromatic rings. The van der Waals surface area contributed by atoms with Crippen LogP contribution in [0, 0.1) is 11.6 Å². The molecule has 0 aliphatic rings. The van der Waals surface area contributed by atoms with E-state index in [-0.39, 0.29) is 22.9 Å². The molecule has 0 unspecified atom stereocenters. The maximum absolute atomic E-state index is 15.3. The van der Waals surface area contributed by atoms with E-state index in [2.05, 4.69) is 9.97 Å². The van der Waals surface area contributed by atoms with Crippen molar-refractivity contribution in [3.05, 3.63) is 57.8 Å². The Morgan fingerprint density at radius 1 is 0.939 bits per heavy atom. The van der Waals surface area contributed by atoms with Gasteiger partial charge in [-0.2, -0.15) is 13.2 Å². The van der Waals surface area contributed by atoms with Crippen LogP contribution in [0.2, 0.25) is 0 Å². The van der Waals surface area contributed by atoms with Crippen LogP contribution in [0.3, 0.4) is 0 Å². The molecule has 33 heavy (non-hydrogen) atoms. The summed E-state index contributed by atoms with van der Waals surface area (Å²) in [4.78, 5) is 20.2. The van der Waals surface area contributed by atoms with Crippen molar-refractivity contribution < 1.29 is 22.0 Å². The monoisotopic (exact) mass is 469 g/mol. The van der Waals surface area contributed by atoms with Crippen molar-refractivity contribution in [1.29, 1.82) is 0 Å². The van der Waals surface area contributed by atoms with Crippen LogP contribution in [0.5, 0.6) is 0 Å². The molecular weight excluding hydrogens is 445 g/mol. The highest BCUT2D eigenvalue weighted by atomic mass is 19.4. The zero-order valence-corrected chi connectivity index (χ0v) is 17.8. The summed E-state index contributed by atoms with van der Waals surface area (Å²) in [5.41, 5.74) is 9.10. The molecule has 1 aromatic carbocycles. The molecule has 178 valence electrons. The van der Waals surface area contributed by atoms with Gasteiger partial charge in [-0.1, -0.05) is 0 Å². The third-order valence-corrected chi connectivity index (χ3v) is 5.36. The Labute approximate surface area is 186 Å². The van der Waals surface area contributed by atoms with E-state index in [9.17, 15) is 18.0 Å². The molecule has 0 saturated carbocycles. The van der Waals surface area contributed by atoms with E-state index in [0.717, 1.165) is 0 Å². The van der Waals surface area contributed by atoms with Gasteiger partial charge in [0.1, 0.15) is 0 Å². The minimum Gasteiger partial charge on any atom is -0.330 e. The van der Waals surface area contributed by atoms with Gasteiger partial charge in [0.15, 0.2) is 17.5 Å². The van der Waals surface area contributed by atoms with Gasteiger partial charge < -0.3 is 16.0 Å². The number of unbranched alkanes of at least 4 members (excludes halogenated alkanes) is 2. The summed E-state index contributed by atoms with van der Waals surface area (Å²) < 4.78 is 70.4. The van der Waals surface area contributed by atoms with Gasteiger partial charge in [-0.25, -0.2) is 18.7 Å². The number of nitrogens with two attached hydrogens (primary N) is 2. The van der Waals surface area contributed by atoms with Gasteiger partial charge in [-0.05, 0) is 62.2 Å². The van der Waals surface area contributed by atoms with Gasteiger partial charge in [0.05, 0.1) is 16.5 Å². The van der Waals surface area contributed by atoms with Crippen molar-refractivity contribution in [3.63, 3.8) is 0 Å². The second kappa shape index (κ2) is 10.3. The SMILES string of the molecule is NCCCCc1c(-c2ncc(C(F)(F)F)cn2)c(F)c(F)c2c(=O)n(CCCCN)ccc12. The minimum absolute atomic E-state index is 0.171. The molecule has 4 N–H and O–H groups in total. The number of alkyl halides is 3. The molecule has 0 amide bonds. The lowest BCUT2D eigenvalue weighted by Gasteiger charge is -2.16. The lowest BCUT2D eigenvalue weighted by atomic mass is 9.94. The fourth-order valence-corrected chi connectivity index (χ4v) is 3.67. The number of rotatable bonds is 9. The molecule has 2 heterocycles. The molecule has 0 spiro atoms. The van der Waals surface area contributed by atoms with Crippen LogP contribution in [-0.2, 0) is 19.1 Å². The van der Waals surface area contributed by atoms with Crippen LogP contribution in [0.1, 0.15) is 36.8 Å². The Hall–Kier alpha value is -2.92. The molecule has 6 nitrogen and oxygen atoms in total. The van der Waals surface area contributed by atoms with Crippen molar-refractivity contribution in [2.24, 2.45) is 11.5 Å². The zero-order chi connectivity index (χ0) is 24.2. The fraction of sp³-hybridized carbons (Fsp3) is 0.409. The largest absolute Gasteiger partial charge is 0.419 e. The van der Waals surface area contributed by atoms with Crippen molar-refractivity contribution in [1.82, 2.24) is 14.5 Å². The summed E-state index contributed by atoms with van der Waals surface area (Å²) in [6.07, 6.45) is 0.372. The van der Waals surface area contributed by atoms with Gasteiger partial charge in [0.2, 0.25) is 0 Å². The molecular formula is C22H24F5N5O. The topological polar surface area (TPSA) is 99.8 Å². The van der Waals surface area contributed by atoms with Gasteiger partial charge in [0.25, 0.3) is 5.56 Å². The van der Waals surface area contributed by atoms with Crippen LogP contribution >= 0.6 is 0 Å². The smallest absolute Gasteiger partial charge is 0.330 e. The highest BCUT2D eigenvalue weighted by Crippen LogP contribution is 2.35. The summed E-state index contributed by atoms with van der Waals surface area (Å²) in [7, 11) is 0. The molecule has 0 radical (unpaired) electrons. The number of halogens is 5. The molecule has 0 atom stereocenters. The minimum atomic E-state index is -4.68. The number of pyridine rings is 1. The highest BCUT2D eigenvalue weighted by molar-refractivity contribution is 5.91. The molecule has 0 aliphatic carbocycles. The van der Waals surface area contributed by atoms with E-state index >= 15 is 8.78 Å². The van der Waals surface area contributed by atoms with E-state index in [1.165, 1.54) is 16.8 Å². The van der Waals surface area contributed by atoms with Crippen molar-refractivity contribution in [3.8, 4) is 11.4 Å². The maximum atomic E-state index is 15.3. The summed E-state index contributed by atoms with van der Waals surface area (Å²) in [6, 6.07) is 1.51. The fourth-order valence-electron chi connectivity index (χ4n) is 3.67. The average molecular weight is 469 g/mol. The zero-order valence-electron chi connectivity index (χ0n) is 17.8. The van der Waals surface area contributed by atoms with Gasteiger partial charge in [-0.15, -0.1) is 0 Å². The standard InChI is InChI=1S/C22H24F5N5O/c23-18-16(20-30-11-13(12-31-20)22(25,26)27)14(5-1-2-7-28)15-6-10-32(9-4-3-8-29)21(33)17(15)19(18)24/h6,10-12H,1-5,7-9,28-29H2. The van der Waals surface area contributed by atoms with Crippen LogP contribution < -0.4 is 17.0 Å². The third kappa shape index (κ3) is 5.19. The Morgan fingerprint density at radius 2 is 1.58 bits per heavy atom. The molecule has 0 saturated heterocycles. The summed E-state index contributed by atoms with van der Waals surface area (Å²) in [5.74, 6) is -3.15. The summed E-state index contributed by atoms with van der Waals surface area (Å²) in [6.45, 7) is 1.09. The van der Waals surface area contributed by atoms with E-state index in [1.54, 1.807) is 0 Å². The molecule has 0 aliphatic heterocycles. The lowest BCUT2D eigenvalue weighted by Crippen LogP contribution is -2.22. The van der Waals surface area contributed by atoms with E-state index in [0.29, 0.717) is 57.7 Å². The third-order valence-electron chi connectivity index (χ3n) is 5.36. The Bertz CT molecular complexity index is 1180. The first kappa shape index (κ1) is 24.7. The first-order valence-electron chi connectivity index (χ1n) is 10.5. The second-order valence-electron chi connectivity index (χ2n) is 7.62. The molecule has 0 bridgehead atoms. The Morgan fingerprint density at radius 3 is 2.18 bits per heavy atom. The number of aromatic nitrogens is 3. The highest BCUT2D eigenvalue weighted by Gasteiger charge is 2.32. The van der Waals surface area contributed by atoms with Crippen LogP contribution in [0.15, 0.2) is 29.5 Å². The van der Waals surface area contributed by atoms with Gasteiger partial charge in [-0.3, -0.25) is 4.79 Å². The maximum Gasteiger partial charge on any atom is 0.419 e. The molecule has 11 heteroatoms. The number of fused-ring (bicyclic) bond motifs is 1. The van der Waals surface area contributed by atoms with E-state index < -0.39 is 40.1 Å². The number of aryl methyl sites for hydroxylation is 2. The first-order chi connectivity index (χ1) is 15.7. The molecule has 3 rings (SSSR count). The Balaban J connectivity index is 2.22. The van der Waals surface area contributed by atoms with Gasteiger partial charge in [0, 0.05) is 25.1 Å². The Kier molecular flexibility index (Phi) is 7.75. The van der Waals surface area contributed by atoms with Crippen LogP contribution in [-0.4, -0.2) is 27.6 Å². The number of benzene rings is 1.